The minimum atomic E-state index is -3.51. The Morgan fingerprint density at radius 3 is 2.26 bits per heavy atom. The molecule has 2 aromatic carbocycles. The fourth-order valence-corrected chi connectivity index (χ4v) is 2.61. The highest BCUT2D eigenvalue weighted by molar-refractivity contribution is 7.89. The van der Waals surface area contributed by atoms with Gasteiger partial charge in [0.15, 0.2) is 0 Å². The summed E-state index contributed by atoms with van der Waals surface area (Å²) in [7, 11) is -3.51. The van der Waals surface area contributed by atoms with Crippen molar-refractivity contribution in [3.05, 3.63) is 70.7 Å². The molecule has 0 atom stereocenters. The van der Waals surface area contributed by atoms with Crippen LogP contribution in [-0.4, -0.2) is 14.6 Å². The van der Waals surface area contributed by atoms with Crippen LogP contribution < -0.4 is 0 Å². The fourth-order valence-electron chi connectivity index (χ4n) is 1.51. The number of rotatable bonds is 4. The van der Waals surface area contributed by atoms with Gasteiger partial charge in [0.1, 0.15) is 0 Å². The molecule has 2 rings (SSSR count). The van der Waals surface area contributed by atoms with Gasteiger partial charge in [-0.2, -0.15) is 4.40 Å². The molecule has 0 saturated heterocycles. The largest absolute Gasteiger partial charge is 0.257 e. The van der Waals surface area contributed by atoms with Crippen molar-refractivity contribution in [2.24, 2.45) is 4.40 Å². The van der Waals surface area contributed by atoms with Crippen molar-refractivity contribution in [2.45, 2.75) is 5.75 Å². The average Bonchev–Trinajstić information content (AvgIpc) is 2.39. The number of halogens is 1. The molecule has 0 N–H and O–H groups in total. The first-order chi connectivity index (χ1) is 9.05. The highest BCUT2D eigenvalue weighted by atomic mass is 35.5. The zero-order valence-electron chi connectivity index (χ0n) is 10.0. The minimum absolute atomic E-state index is 0.0993. The molecule has 0 aromatic heterocycles. The zero-order valence-corrected chi connectivity index (χ0v) is 11.6. The molecule has 0 bridgehead atoms. The van der Waals surface area contributed by atoms with Crippen LogP contribution in [0, 0.1) is 0 Å². The molecule has 98 valence electrons. The third-order valence-corrected chi connectivity index (χ3v) is 3.80. The summed E-state index contributed by atoms with van der Waals surface area (Å²) in [5.41, 5.74) is 1.41. The van der Waals surface area contributed by atoms with E-state index >= 15 is 0 Å². The Balaban J connectivity index is 2.11. The summed E-state index contributed by atoms with van der Waals surface area (Å²) >= 11 is 5.75. The van der Waals surface area contributed by atoms with E-state index in [0.29, 0.717) is 10.6 Å². The number of hydrogen-bond donors (Lipinski definition) is 0. The summed E-state index contributed by atoms with van der Waals surface area (Å²) in [6.45, 7) is 0. The summed E-state index contributed by atoms with van der Waals surface area (Å²) in [6.07, 6.45) is 1.33. The molecule has 0 fully saturated rings. The standard InChI is InChI=1S/C14H12ClNO2S/c15-14-8-6-12(7-9-14)10-16-19(17,18)11-13-4-2-1-3-5-13/h1-10H,11H2/b16-10-. The van der Waals surface area contributed by atoms with Crippen LogP contribution in [0.2, 0.25) is 5.02 Å². The van der Waals surface area contributed by atoms with Crippen LogP contribution >= 0.6 is 11.6 Å². The molecule has 0 radical (unpaired) electrons. The Morgan fingerprint density at radius 2 is 1.63 bits per heavy atom. The van der Waals surface area contributed by atoms with Gasteiger partial charge in [0.05, 0.1) is 5.75 Å². The van der Waals surface area contributed by atoms with Crippen LogP contribution in [0.5, 0.6) is 0 Å². The third-order valence-electron chi connectivity index (χ3n) is 2.42. The first-order valence-electron chi connectivity index (χ1n) is 5.63. The Bertz CT molecular complexity index is 664. The Morgan fingerprint density at radius 1 is 1.00 bits per heavy atom. The predicted molar refractivity (Wildman–Crippen MR) is 78.1 cm³/mol. The summed E-state index contributed by atoms with van der Waals surface area (Å²) < 4.78 is 27.3. The van der Waals surface area contributed by atoms with Crippen LogP contribution in [0.4, 0.5) is 0 Å². The van der Waals surface area contributed by atoms with Gasteiger partial charge in [-0.1, -0.05) is 54.1 Å². The molecule has 5 heteroatoms. The lowest BCUT2D eigenvalue weighted by Gasteiger charge is -1.99. The highest BCUT2D eigenvalue weighted by Gasteiger charge is 2.08. The third kappa shape index (κ3) is 4.50. The number of hydrogen-bond acceptors (Lipinski definition) is 2. The Hall–Kier alpha value is -1.65. The molecule has 0 heterocycles. The van der Waals surface area contributed by atoms with E-state index in [1.807, 2.05) is 6.07 Å². The zero-order chi connectivity index (χ0) is 13.7. The SMILES string of the molecule is O=S(=O)(Cc1ccccc1)/N=C\c1ccc(Cl)cc1. The van der Waals surface area contributed by atoms with E-state index in [0.717, 1.165) is 5.56 Å². The van der Waals surface area contributed by atoms with E-state index in [1.165, 1.54) is 6.21 Å². The van der Waals surface area contributed by atoms with Gasteiger partial charge < -0.3 is 0 Å². The van der Waals surface area contributed by atoms with Gasteiger partial charge in [-0.15, -0.1) is 0 Å². The van der Waals surface area contributed by atoms with Gasteiger partial charge in [-0.05, 0) is 23.3 Å². The molecule has 19 heavy (non-hydrogen) atoms. The van der Waals surface area contributed by atoms with Gasteiger partial charge in [0, 0.05) is 11.2 Å². The van der Waals surface area contributed by atoms with E-state index in [2.05, 4.69) is 4.40 Å². The van der Waals surface area contributed by atoms with E-state index in [1.54, 1.807) is 48.5 Å². The maximum Gasteiger partial charge on any atom is 0.257 e. The van der Waals surface area contributed by atoms with Crippen molar-refractivity contribution >= 4 is 27.8 Å². The smallest absolute Gasteiger partial charge is 0.204 e. The van der Waals surface area contributed by atoms with Gasteiger partial charge in [-0.25, -0.2) is 8.42 Å². The fraction of sp³-hybridized carbons (Fsp3) is 0.0714. The molecular weight excluding hydrogens is 282 g/mol. The minimum Gasteiger partial charge on any atom is -0.204 e. The van der Waals surface area contributed by atoms with Gasteiger partial charge in [0.2, 0.25) is 0 Å². The molecule has 2 aromatic rings. The lowest BCUT2D eigenvalue weighted by atomic mass is 10.2. The van der Waals surface area contributed by atoms with Gasteiger partial charge >= 0.3 is 0 Å². The summed E-state index contributed by atoms with van der Waals surface area (Å²) in [4.78, 5) is 0. The molecule has 0 aliphatic carbocycles. The lowest BCUT2D eigenvalue weighted by Crippen LogP contribution is -2.01. The van der Waals surface area contributed by atoms with Crippen LogP contribution in [-0.2, 0) is 15.8 Å². The number of nitrogens with zero attached hydrogens (tertiary/aromatic N) is 1. The molecular formula is C14H12ClNO2S. The maximum absolute atomic E-state index is 11.8. The summed E-state index contributed by atoms with van der Waals surface area (Å²) in [6, 6.07) is 15.8. The predicted octanol–water partition coefficient (Wildman–Crippen LogP) is 3.29. The second kappa shape index (κ2) is 5.99. The van der Waals surface area contributed by atoms with E-state index in [4.69, 9.17) is 11.6 Å². The van der Waals surface area contributed by atoms with Crippen molar-refractivity contribution in [3.63, 3.8) is 0 Å². The number of benzene rings is 2. The van der Waals surface area contributed by atoms with Crippen LogP contribution in [0.15, 0.2) is 59.0 Å². The van der Waals surface area contributed by atoms with Gasteiger partial charge in [-0.3, -0.25) is 0 Å². The Labute approximate surface area is 117 Å². The quantitative estimate of drug-likeness (QED) is 0.812. The van der Waals surface area contributed by atoms with E-state index in [9.17, 15) is 8.42 Å². The molecule has 0 amide bonds. The van der Waals surface area contributed by atoms with Crippen molar-refractivity contribution in [3.8, 4) is 0 Å². The number of sulfonamides is 1. The topological polar surface area (TPSA) is 46.5 Å². The normalized spacial score (nSPS) is 11.8. The van der Waals surface area contributed by atoms with E-state index < -0.39 is 10.0 Å². The molecule has 0 spiro atoms. The molecule has 3 nitrogen and oxygen atoms in total. The molecule has 0 unspecified atom stereocenters. The van der Waals surface area contributed by atoms with Crippen LogP contribution in [0.1, 0.15) is 11.1 Å². The first kappa shape index (κ1) is 13.8. The van der Waals surface area contributed by atoms with Gasteiger partial charge in [0.25, 0.3) is 10.0 Å². The Kier molecular flexibility index (Phi) is 4.35. The second-order valence-electron chi connectivity index (χ2n) is 4.00. The van der Waals surface area contributed by atoms with Crippen LogP contribution in [0.25, 0.3) is 0 Å². The van der Waals surface area contributed by atoms with Crippen molar-refractivity contribution in [2.75, 3.05) is 0 Å². The first-order valence-corrected chi connectivity index (χ1v) is 7.61. The van der Waals surface area contributed by atoms with Crippen molar-refractivity contribution in [1.82, 2.24) is 0 Å². The molecule has 0 saturated carbocycles. The second-order valence-corrected chi connectivity index (χ2v) is 6.10. The van der Waals surface area contributed by atoms with E-state index in [-0.39, 0.29) is 5.75 Å². The average molecular weight is 294 g/mol. The summed E-state index contributed by atoms with van der Waals surface area (Å²) in [5, 5.41) is 0.601. The van der Waals surface area contributed by atoms with Crippen molar-refractivity contribution in [1.29, 1.82) is 0 Å². The summed E-state index contributed by atoms with van der Waals surface area (Å²) in [5.74, 6) is -0.0993. The van der Waals surface area contributed by atoms with Crippen LogP contribution in [0.3, 0.4) is 0 Å². The monoisotopic (exact) mass is 293 g/mol. The highest BCUT2D eigenvalue weighted by Crippen LogP contribution is 2.10. The maximum atomic E-state index is 11.8. The van der Waals surface area contributed by atoms with Crippen molar-refractivity contribution < 1.29 is 8.42 Å². The lowest BCUT2D eigenvalue weighted by molar-refractivity contribution is 0.597. The molecule has 0 aliphatic heterocycles. The molecule has 0 aliphatic rings.